The van der Waals surface area contributed by atoms with Crippen molar-refractivity contribution in [1.82, 2.24) is 14.9 Å². The molecule has 2 N–H and O–H groups in total. The smallest absolute Gasteiger partial charge is 0.153 e. The summed E-state index contributed by atoms with van der Waals surface area (Å²) in [5.74, 6) is 1.08. The van der Waals surface area contributed by atoms with Gasteiger partial charge in [0.2, 0.25) is 0 Å². The fraction of sp³-hybridized carbons (Fsp3) is 0.333. The minimum atomic E-state index is 0.341. The second-order valence-electron chi connectivity index (χ2n) is 5.15. The summed E-state index contributed by atoms with van der Waals surface area (Å²) in [6.07, 6.45) is 1.47. The number of nitrogens with zero attached hydrogens (tertiary/aromatic N) is 4. The average Bonchev–Trinajstić information content (AvgIpc) is 2.52. The van der Waals surface area contributed by atoms with Gasteiger partial charge in [-0.25, -0.2) is 9.97 Å². The van der Waals surface area contributed by atoms with Gasteiger partial charge in [-0.2, -0.15) is 0 Å². The molecule has 1 saturated heterocycles. The third-order valence-corrected chi connectivity index (χ3v) is 4.08. The van der Waals surface area contributed by atoms with Gasteiger partial charge in [0.15, 0.2) is 5.82 Å². The zero-order chi connectivity index (χ0) is 14.7. The molecular weight excluding hydrogens is 286 g/mol. The van der Waals surface area contributed by atoms with Crippen LogP contribution in [0.1, 0.15) is 5.56 Å². The van der Waals surface area contributed by atoms with Crippen molar-refractivity contribution in [2.75, 3.05) is 36.8 Å². The van der Waals surface area contributed by atoms with Crippen LogP contribution in [0.5, 0.6) is 0 Å². The van der Waals surface area contributed by atoms with E-state index in [9.17, 15) is 0 Å². The summed E-state index contributed by atoms with van der Waals surface area (Å²) in [6.45, 7) is 4.73. The van der Waals surface area contributed by atoms with E-state index in [0.717, 1.165) is 38.5 Å². The molecule has 1 aliphatic rings. The maximum Gasteiger partial charge on any atom is 0.153 e. The first-order chi connectivity index (χ1) is 10.2. The fourth-order valence-electron chi connectivity index (χ4n) is 2.55. The highest BCUT2D eigenvalue weighted by Crippen LogP contribution is 2.27. The van der Waals surface area contributed by atoms with Crippen molar-refractivity contribution in [3.63, 3.8) is 0 Å². The Bertz CT molecular complexity index is 596. The molecule has 1 fully saturated rings. The van der Waals surface area contributed by atoms with E-state index in [2.05, 4.69) is 44.0 Å². The van der Waals surface area contributed by atoms with Gasteiger partial charge in [0.05, 0.1) is 0 Å². The van der Waals surface area contributed by atoms with Crippen LogP contribution in [-0.4, -0.2) is 41.0 Å². The number of nitrogens with two attached hydrogens (primary N) is 1. The Labute approximate surface area is 129 Å². The van der Waals surface area contributed by atoms with Crippen LogP contribution in [0.4, 0.5) is 11.6 Å². The second-order valence-corrected chi connectivity index (χ2v) is 5.52. The van der Waals surface area contributed by atoms with Gasteiger partial charge in [0.1, 0.15) is 17.2 Å². The SMILES string of the molecule is Nc1ncnc(N2CCN(Cc3ccccc3)CC2)c1Cl. The molecule has 3 rings (SSSR count). The summed E-state index contributed by atoms with van der Waals surface area (Å²) in [7, 11) is 0. The Hall–Kier alpha value is -1.85. The third kappa shape index (κ3) is 3.25. The lowest BCUT2D eigenvalue weighted by Gasteiger charge is -2.35. The predicted molar refractivity (Wildman–Crippen MR) is 85.4 cm³/mol. The Balaban J connectivity index is 1.61. The van der Waals surface area contributed by atoms with E-state index in [-0.39, 0.29) is 0 Å². The van der Waals surface area contributed by atoms with Gasteiger partial charge in [-0.05, 0) is 5.56 Å². The van der Waals surface area contributed by atoms with Gasteiger partial charge in [-0.1, -0.05) is 41.9 Å². The van der Waals surface area contributed by atoms with Crippen molar-refractivity contribution < 1.29 is 0 Å². The molecule has 2 aromatic rings. The maximum absolute atomic E-state index is 6.19. The minimum Gasteiger partial charge on any atom is -0.382 e. The Morgan fingerprint density at radius 1 is 1.05 bits per heavy atom. The summed E-state index contributed by atoms with van der Waals surface area (Å²) in [4.78, 5) is 12.8. The average molecular weight is 304 g/mol. The van der Waals surface area contributed by atoms with Gasteiger partial charge in [-0.3, -0.25) is 4.90 Å². The molecule has 1 aromatic carbocycles. The molecule has 110 valence electrons. The number of piperazine rings is 1. The predicted octanol–water partition coefficient (Wildman–Crippen LogP) is 2.03. The van der Waals surface area contributed by atoms with Gasteiger partial charge < -0.3 is 10.6 Å². The third-order valence-electron chi connectivity index (χ3n) is 3.72. The number of rotatable bonds is 3. The van der Waals surface area contributed by atoms with Crippen LogP contribution in [0.3, 0.4) is 0 Å². The van der Waals surface area contributed by atoms with Gasteiger partial charge in [0, 0.05) is 32.7 Å². The van der Waals surface area contributed by atoms with E-state index in [1.165, 1.54) is 11.9 Å². The molecule has 21 heavy (non-hydrogen) atoms. The first-order valence-corrected chi connectivity index (χ1v) is 7.39. The van der Waals surface area contributed by atoms with Crippen LogP contribution in [0.2, 0.25) is 5.02 Å². The number of nitrogen functional groups attached to an aromatic ring is 1. The molecule has 0 atom stereocenters. The zero-order valence-corrected chi connectivity index (χ0v) is 12.5. The largest absolute Gasteiger partial charge is 0.382 e. The zero-order valence-electron chi connectivity index (χ0n) is 11.7. The molecule has 0 unspecified atom stereocenters. The van der Waals surface area contributed by atoms with Gasteiger partial charge in [0.25, 0.3) is 0 Å². The lowest BCUT2D eigenvalue weighted by molar-refractivity contribution is 0.249. The van der Waals surface area contributed by atoms with E-state index in [1.54, 1.807) is 0 Å². The molecule has 2 heterocycles. The number of halogens is 1. The van der Waals surface area contributed by atoms with E-state index in [4.69, 9.17) is 17.3 Å². The summed E-state index contributed by atoms with van der Waals surface area (Å²) in [5.41, 5.74) is 7.08. The van der Waals surface area contributed by atoms with Crippen LogP contribution in [0.25, 0.3) is 0 Å². The maximum atomic E-state index is 6.19. The molecule has 6 heteroatoms. The number of benzene rings is 1. The summed E-state index contributed by atoms with van der Waals surface area (Å²) in [5, 5.41) is 0.453. The summed E-state index contributed by atoms with van der Waals surface area (Å²) in [6, 6.07) is 10.5. The molecule has 0 bridgehead atoms. The van der Waals surface area contributed by atoms with Crippen LogP contribution in [0.15, 0.2) is 36.7 Å². The van der Waals surface area contributed by atoms with E-state index in [0.29, 0.717) is 10.8 Å². The molecule has 5 nitrogen and oxygen atoms in total. The number of hydrogen-bond donors (Lipinski definition) is 1. The topological polar surface area (TPSA) is 58.3 Å². The van der Waals surface area contributed by atoms with E-state index < -0.39 is 0 Å². The standard InChI is InChI=1S/C15H18ClN5/c16-13-14(17)18-11-19-15(13)21-8-6-20(7-9-21)10-12-4-2-1-3-5-12/h1-5,11H,6-10H2,(H2,17,18,19). The number of anilines is 2. The van der Waals surface area contributed by atoms with Crippen LogP contribution in [-0.2, 0) is 6.54 Å². The van der Waals surface area contributed by atoms with Crippen molar-refractivity contribution in [3.8, 4) is 0 Å². The van der Waals surface area contributed by atoms with E-state index in [1.807, 2.05) is 6.07 Å². The Morgan fingerprint density at radius 3 is 2.48 bits per heavy atom. The highest BCUT2D eigenvalue weighted by molar-refractivity contribution is 6.35. The number of hydrogen-bond acceptors (Lipinski definition) is 5. The molecule has 1 aliphatic heterocycles. The normalized spacial score (nSPS) is 16.1. The van der Waals surface area contributed by atoms with Crippen LogP contribution < -0.4 is 10.6 Å². The van der Waals surface area contributed by atoms with Gasteiger partial charge >= 0.3 is 0 Å². The second kappa shape index (κ2) is 6.28. The first-order valence-electron chi connectivity index (χ1n) is 7.01. The first kappa shape index (κ1) is 14.1. The van der Waals surface area contributed by atoms with E-state index >= 15 is 0 Å². The molecule has 0 amide bonds. The molecule has 0 radical (unpaired) electrons. The monoisotopic (exact) mass is 303 g/mol. The van der Waals surface area contributed by atoms with Crippen molar-refractivity contribution in [2.45, 2.75) is 6.54 Å². The molecule has 0 saturated carbocycles. The quantitative estimate of drug-likeness (QED) is 0.940. The summed E-state index contributed by atoms with van der Waals surface area (Å²) < 4.78 is 0. The van der Waals surface area contributed by atoms with Gasteiger partial charge in [-0.15, -0.1) is 0 Å². The van der Waals surface area contributed by atoms with Crippen LogP contribution >= 0.6 is 11.6 Å². The van der Waals surface area contributed by atoms with Crippen molar-refractivity contribution >= 4 is 23.2 Å². The van der Waals surface area contributed by atoms with Crippen molar-refractivity contribution in [1.29, 1.82) is 0 Å². The molecule has 0 spiro atoms. The minimum absolute atomic E-state index is 0.341. The highest BCUT2D eigenvalue weighted by atomic mass is 35.5. The lowest BCUT2D eigenvalue weighted by atomic mass is 10.2. The van der Waals surface area contributed by atoms with Crippen LogP contribution in [0, 0.1) is 0 Å². The van der Waals surface area contributed by atoms with Crippen molar-refractivity contribution in [3.05, 3.63) is 47.2 Å². The fourth-order valence-corrected chi connectivity index (χ4v) is 2.77. The molecule has 0 aliphatic carbocycles. The number of aromatic nitrogens is 2. The summed E-state index contributed by atoms with van der Waals surface area (Å²) >= 11 is 6.19. The molecular formula is C15H18ClN5. The lowest BCUT2D eigenvalue weighted by Crippen LogP contribution is -2.46. The van der Waals surface area contributed by atoms with Crippen molar-refractivity contribution in [2.24, 2.45) is 0 Å². The highest BCUT2D eigenvalue weighted by Gasteiger charge is 2.21. The Kier molecular flexibility index (Phi) is 4.22. The Morgan fingerprint density at radius 2 is 1.76 bits per heavy atom. The molecule has 1 aromatic heterocycles.